The van der Waals surface area contributed by atoms with E-state index in [0.717, 1.165) is 31.1 Å². The van der Waals surface area contributed by atoms with Crippen molar-refractivity contribution in [2.45, 2.75) is 34.1 Å². The number of nitrogens with one attached hydrogen (secondary N) is 1. The molecule has 17 heavy (non-hydrogen) atoms. The van der Waals surface area contributed by atoms with Gasteiger partial charge in [-0.25, -0.2) is 4.98 Å². The minimum atomic E-state index is 0.281. The number of hydrogen-bond acceptors (Lipinski definition) is 3. The van der Waals surface area contributed by atoms with Crippen molar-refractivity contribution in [3.8, 4) is 0 Å². The van der Waals surface area contributed by atoms with Crippen LogP contribution in [0.3, 0.4) is 0 Å². The van der Waals surface area contributed by atoms with Crippen LogP contribution >= 0.6 is 0 Å². The van der Waals surface area contributed by atoms with Gasteiger partial charge in [0.25, 0.3) is 0 Å². The predicted octanol–water partition coefficient (Wildman–Crippen LogP) is 3.39. The van der Waals surface area contributed by atoms with Gasteiger partial charge >= 0.3 is 0 Å². The summed E-state index contributed by atoms with van der Waals surface area (Å²) in [7, 11) is 2.09. The molecule has 0 radical (unpaired) electrons. The zero-order valence-corrected chi connectivity index (χ0v) is 11.7. The van der Waals surface area contributed by atoms with E-state index in [1.807, 2.05) is 6.07 Å². The fraction of sp³-hybridized carbons (Fsp3) is 0.643. The molecule has 1 heterocycles. The molecule has 1 aromatic heterocycles. The van der Waals surface area contributed by atoms with Crippen molar-refractivity contribution < 1.29 is 0 Å². The predicted molar refractivity (Wildman–Crippen MR) is 75.7 cm³/mol. The molecule has 0 fully saturated rings. The molecule has 0 amide bonds. The second-order valence-electron chi connectivity index (χ2n) is 5.72. The summed E-state index contributed by atoms with van der Waals surface area (Å²) in [6, 6.07) is 6.13. The van der Waals surface area contributed by atoms with Crippen LogP contribution in [-0.4, -0.2) is 25.1 Å². The van der Waals surface area contributed by atoms with Gasteiger partial charge in [-0.1, -0.05) is 33.8 Å². The fourth-order valence-corrected chi connectivity index (χ4v) is 1.78. The Labute approximate surface area is 105 Å². The average Bonchev–Trinajstić information content (AvgIpc) is 2.24. The lowest BCUT2D eigenvalue weighted by molar-refractivity contribution is 0.418. The Kier molecular flexibility index (Phi) is 4.79. The summed E-state index contributed by atoms with van der Waals surface area (Å²) in [5, 5.41) is 3.31. The molecule has 3 heteroatoms. The molecule has 3 nitrogen and oxygen atoms in total. The minimum Gasteiger partial charge on any atom is -0.370 e. The van der Waals surface area contributed by atoms with E-state index in [9.17, 15) is 0 Å². The molecule has 0 aromatic carbocycles. The summed E-state index contributed by atoms with van der Waals surface area (Å²) in [6.45, 7) is 10.8. The lowest BCUT2D eigenvalue weighted by Crippen LogP contribution is -2.29. The minimum absolute atomic E-state index is 0.281. The van der Waals surface area contributed by atoms with Crippen LogP contribution in [-0.2, 0) is 0 Å². The highest BCUT2D eigenvalue weighted by Crippen LogP contribution is 2.19. The maximum atomic E-state index is 4.61. The number of pyridine rings is 1. The van der Waals surface area contributed by atoms with Crippen LogP contribution < -0.4 is 10.2 Å². The SMILES string of the molecule is CCCNc1cccc(N(C)CC(C)(C)C)n1. The van der Waals surface area contributed by atoms with Gasteiger partial charge in [-0.05, 0) is 24.0 Å². The normalized spacial score (nSPS) is 11.4. The van der Waals surface area contributed by atoms with Gasteiger partial charge in [0.15, 0.2) is 0 Å². The molecule has 0 aliphatic rings. The Hall–Kier alpha value is -1.25. The maximum absolute atomic E-state index is 4.61. The number of rotatable bonds is 5. The number of nitrogens with zero attached hydrogens (tertiary/aromatic N) is 2. The van der Waals surface area contributed by atoms with Gasteiger partial charge in [-0.15, -0.1) is 0 Å². The Bertz CT molecular complexity index is 342. The van der Waals surface area contributed by atoms with E-state index >= 15 is 0 Å². The van der Waals surface area contributed by atoms with Crippen LogP contribution in [0.2, 0.25) is 0 Å². The molecular formula is C14H25N3. The molecule has 0 spiro atoms. The van der Waals surface area contributed by atoms with Crippen molar-refractivity contribution in [1.82, 2.24) is 4.98 Å². The van der Waals surface area contributed by atoms with Crippen molar-refractivity contribution in [2.24, 2.45) is 5.41 Å². The molecule has 1 N–H and O–H groups in total. The quantitative estimate of drug-likeness (QED) is 0.848. The van der Waals surface area contributed by atoms with E-state index < -0.39 is 0 Å². The summed E-state index contributed by atoms with van der Waals surface area (Å²) in [5.74, 6) is 1.99. The smallest absolute Gasteiger partial charge is 0.130 e. The molecule has 1 aromatic rings. The topological polar surface area (TPSA) is 28.2 Å². The molecule has 0 unspecified atom stereocenters. The van der Waals surface area contributed by atoms with Crippen molar-refractivity contribution >= 4 is 11.6 Å². The van der Waals surface area contributed by atoms with Gasteiger partial charge in [0.1, 0.15) is 11.6 Å². The first-order chi connectivity index (χ1) is 7.92. The van der Waals surface area contributed by atoms with Gasteiger partial charge in [0.05, 0.1) is 0 Å². The van der Waals surface area contributed by atoms with Gasteiger partial charge in [-0.3, -0.25) is 0 Å². The van der Waals surface area contributed by atoms with Crippen LogP contribution in [0.5, 0.6) is 0 Å². The monoisotopic (exact) mass is 235 g/mol. The molecule has 0 atom stereocenters. The molecule has 0 saturated heterocycles. The first-order valence-corrected chi connectivity index (χ1v) is 6.34. The first kappa shape index (κ1) is 13.8. The van der Waals surface area contributed by atoms with Gasteiger partial charge < -0.3 is 10.2 Å². The van der Waals surface area contributed by atoms with E-state index in [2.05, 4.69) is 62.1 Å². The maximum Gasteiger partial charge on any atom is 0.130 e. The summed E-state index contributed by atoms with van der Waals surface area (Å²) in [6.07, 6.45) is 1.11. The summed E-state index contributed by atoms with van der Waals surface area (Å²) < 4.78 is 0. The standard InChI is InChI=1S/C14H25N3/c1-6-10-15-12-8-7-9-13(16-12)17(5)11-14(2,3)4/h7-9H,6,10-11H2,1-5H3,(H,15,16). The zero-order chi connectivity index (χ0) is 12.9. The average molecular weight is 235 g/mol. The lowest BCUT2D eigenvalue weighted by atomic mass is 9.96. The van der Waals surface area contributed by atoms with Crippen molar-refractivity contribution in [3.63, 3.8) is 0 Å². The lowest BCUT2D eigenvalue weighted by Gasteiger charge is -2.27. The van der Waals surface area contributed by atoms with Gasteiger partial charge in [-0.2, -0.15) is 0 Å². The third kappa shape index (κ3) is 5.07. The van der Waals surface area contributed by atoms with E-state index in [4.69, 9.17) is 0 Å². The van der Waals surface area contributed by atoms with Crippen LogP contribution in [0.25, 0.3) is 0 Å². The molecule has 0 aliphatic heterocycles. The third-order valence-corrected chi connectivity index (χ3v) is 2.39. The van der Waals surface area contributed by atoms with E-state index in [1.54, 1.807) is 0 Å². The van der Waals surface area contributed by atoms with Gasteiger partial charge in [0.2, 0.25) is 0 Å². The second-order valence-corrected chi connectivity index (χ2v) is 5.72. The van der Waals surface area contributed by atoms with Gasteiger partial charge in [0, 0.05) is 20.1 Å². The Morgan fingerprint density at radius 1 is 1.29 bits per heavy atom. The second kappa shape index (κ2) is 5.89. The van der Waals surface area contributed by atoms with E-state index in [-0.39, 0.29) is 5.41 Å². The first-order valence-electron chi connectivity index (χ1n) is 6.34. The molecule has 1 rings (SSSR count). The summed E-state index contributed by atoms with van der Waals surface area (Å²) >= 11 is 0. The molecule has 0 aliphatic carbocycles. The molecule has 0 saturated carbocycles. The molecule has 96 valence electrons. The van der Waals surface area contributed by atoms with Crippen LogP contribution in [0.4, 0.5) is 11.6 Å². The molecule has 0 bridgehead atoms. The van der Waals surface area contributed by atoms with Crippen molar-refractivity contribution in [1.29, 1.82) is 0 Å². The van der Waals surface area contributed by atoms with Crippen molar-refractivity contribution in [3.05, 3.63) is 18.2 Å². The fourth-order valence-electron chi connectivity index (χ4n) is 1.78. The largest absolute Gasteiger partial charge is 0.370 e. The summed E-state index contributed by atoms with van der Waals surface area (Å²) in [4.78, 5) is 6.81. The molecular weight excluding hydrogens is 210 g/mol. The zero-order valence-electron chi connectivity index (χ0n) is 11.7. The highest BCUT2D eigenvalue weighted by molar-refractivity contribution is 5.46. The van der Waals surface area contributed by atoms with E-state index in [0.29, 0.717) is 0 Å². The third-order valence-electron chi connectivity index (χ3n) is 2.39. The number of hydrogen-bond donors (Lipinski definition) is 1. The highest BCUT2D eigenvalue weighted by Gasteiger charge is 2.14. The summed E-state index contributed by atoms with van der Waals surface area (Å²) in [5.41, 5.74) is 0.281. The van der Waals surface area contributed by atoms with Crippen LogP contribution in [0.1, 0.15) is 34.1 Å². The van der Waals surface area contributed by atoms with E-state index in [1.165, 1.54) is 0 Å². The van der Waals surface area contributed by atoms with Crippen molar-refractivity contribution in [2.75, 3.05) is 30.4 Å². The Morgan fingerprint density at radius 3 is 2.59 bits per heavy atom. The number of aromatic nitrogens is 1. The van der Waals surface area contributed by atoms with Crippen LogP contribution in [0.15, 0.2) is 18.2 Å². The Morgan fingerprint density at radius 2 is 2.00 bits per heavy atom. The van der Waals surface area contributed by atoms with Crippen LogP contribution in [0, 0.1) is 5.41 Å². The highest BCUT2D eigenvalue weighted by atomic mass is 15.2. The number of anilines is 2. The Balaban J connectivity index is 2.70.